The minimum atomic E-state index is -0.123. The van der Waals surface area contributed by atoms with E-state index in [2.05, 4.69) is 26.0 Å². The van der Waals surface area contributed by atoms with E-state index in [1.807, 2.05) is 36.4 Å². The highest BCUT2D eigenvalue weighted by Crippen LogP contribution is 2.19. The maximum absolute atomic E-state index is 11.8. The van der Waals surface area contributed by atoms with Crippen LogP contribution in [0.3, 0.4) is 0 Å². The van der Waals surface area contributed by atoms with Crippen molar-refractivity contribution in [2.24, 2.45) is 7.05 Å². The van der Waals surface area contributed by atoms with Crippen LogP contribution in [0.4, 0.5) is 0 Å². The summed E-state index contributed by atoms with van der Waals surface area (Å²) in [7, 11) is 1.72. The van der Waals surface area contributed by atoms with E-state index in [1.165, 1.54) is 16.4 Å². The lowest BCUT2D eigenvalue weighted by molar-refractivity contribution is -0.118. The minimum absolute atomic E-state index is 0.123. The Morgan fingerprint density at radius 3 is 2.91 bits per heavy atom. The SMILES string of the molecule is Cn1nnnc1SCC(=O)NCc1cc(-c2ccccc2)on1. The van der Waals surface area contributed by atoms with Crippen molar-refractivity contribution in [3.63, 3.8) is 0 Å². The molecule has 3 aromatic rings. The van der Waals surface area contributed by atoms with Gasteiger partial charge in [0.1, 0.15) is 5.69 Å². The van der Waals surface area contributed by atoms with Gasteiger partial charge in [0.2, 0.25) is 11.1 Å². The van der Waals surface area contributed by atoms with Crippen molar-refractivity contribution in [2.45, 2.75) is 11.7 Å². The molecule has 0 aliphatic heterocycles. The summed E-state index contributed by atoms with van der Waals surface area (Å²) in [5.41, 5.74) is 1.62. The molecule has 8 nitrogen and oxygen atoms in total. The highest BCUT2D eigenvalue weighted by Gasteiger charge is 2.10. The van der Waals surface area contributed by atoms with Gasteiger partial charge in [0.15, 0.2) is 5.76 Å². The first kappa shape index (κ1) is 15.2. The molecule has 0 atom stereocenters. The molecule has 118 valence electrons. The van der Waals surface area contributed by atoms with E-state index in [0.29, 0.717) is 23.2 Å². The van der Waals surface area contributed by atoms with Gasteiger partial charge in [-0.2, -0.15) is 0 Å². The molecule has 1 N–H and O–H groups in total. The quantitative estimate of drug-likeness (QED) is 0.680. The third kappa shape index (κ3) is 3.95. The van der Waals surface area contributed by atoms with Crippen molar-refractivity contribution < 1.29 is 9.32 Å². The second-order valence-corrected chi connectivity index (χ2v) is 5.64. The first-order chi connectivity index (χ1) is 11.2. The number of hydrogen-bond donors (Lipinski definition) is 1. The van der Waals surface area contributed by atoms with E-state index in [1.54, 1.807) is 7.05 Å². The van der Waals surface area contributed by atoms with Crippen LogP contribution in [0.2, 0.25) is 0 Å². The molecule has 1 aromatic carbocycles. The number of hydrogen-bond acceptors (Lipinski definition) is 7. The second-order valence-electron chi connectivity index (χ2n) is 4.70. The molecule has 0 radical (unpaired) electrons. The number of nitrogens with zero attached hydrogens (tertiary/aromatic N) is 5. The average Bonchev–Trinajstić information content (AvgIpc) is 3.21. The maximum Gasteiger partial charge on any atom is 0.230 e. The van der Waals surface area contributed by atoms with Crippen LogP contribution in [0.15, 0.2) is 46.1 Å². The highest BCUT2D eigenvalue weighted by atomic mass is 32.2. The standard InChI is InChI=1S/C14H14N6O2S/c1-20-14(16-18-19-20)23-9-13(21)15-8-11-7-12(22-17-11)10-5-3-2-4-6-10/h2-7H,8-9H2,1H3,(H,15,21). The number of tetrazole rings is 1. The smallest absolute Gasteiger partial charge is 0.230 e. The number of rotatable bonds is 6. The first-order valence-corrected chi connectivity index (χ1v) is 7.84. The Labute approximate surface area is 136 Å². The van der Waals surface area contributed by atoms with Gasteiger partial charge in [0.05, 0.1) is 12.3 Å². The lowest BCUT2D eigenvalue weighted by atomic mass is 10.2. The van der Waals surface area contributed by atoms with Gasteiger partial charge >= 0.3 is 0 Å². The minimum Gasteiger partial charge on any atom is -0.356 e. The van der Waals surface area contributed by atoms with Crippen LogP contribution in [0, 0.1) is 0 Å². The lowest BCUT2D eigenvalue weighted by Crippen LogP contribution is -2.24. The van der Waals surface area contributed by atoms with Crippen LogP contribution in [-0.4, -0.2) is 37.0 Å². The van der Waals surface area contributed by atoms with Gasteiger partial charge in [0.25, 0.3) is 0 Å². The fraction of sp³-hybridized carbons (Fsp3) is 0.214. The predicted octanol–water partition coefficient (Wildman–Crippen LogP) is 1.27. The molecule has 23 heavy (non-hydrogen) atoms. The van der Waals surface area contributed by atoms with Crippen LogP contribution >= 0.6 is 11.8 Å². The normalized spacial score (nSPS) is 10.7. The monoisotopic (exact) mass is 330 g/mol. The Morgan fingerprint density at radius 1 is 1.35 bits per heavy atom. The van der Waals surface area contributed by atoms with E-state index < -0.39 is 0 Å². The zero-order chi connectivity index (χ0) is 16.1. The van der Waals surface area contributed by atoms with E-state index in [4.69, 9.17) is 4.52 Å². The van der Waals surface area contributed by atoms with Crippen LogP contribution in [-0.2, 0) is 18.4 Å². The first-order valence-electron chi connectivity index (χ1n) is 6.85. The fourth-order valence-electron chi connectivity index (χ4n) is 1.85. The summed E-state index contributed by atoms with van der Waals surface area (Å²) < 4.78 is 6.80. The van der Waals surface area contributed by atoms with Gasteiger partial charge in [-0.05, 0) is 10.4 Å². The number of amides is 1. The Kier molecular flexibility index (Phi) is 4.67. The van der Waals surface area contributed by atoms with Crippen LogP contribution in [0.1, 0.15) is 5.69 Å². The number of benzene rings is 1. The van der Waals surface area contributed by atoms with Gasteiger partial charge in [0, 0.05) is 18.7 Å². The average molecular weight is 330 g/mol. The van der Waals surface area contributed by atoms with Crippen molar-refractivity contribution in [3.05, 3.63) is 42.1 Å². The Bertz CT molecular complexity index is 785. The maximum atomic E-state index is 11.8. The zero-order valence-electron chi connectivity index (χ0n) is 12.3. The lowest BCUT2D eigenvalue weighted by Gasteiger charge is -2.01. The molecule has 9 heteroatoms. The molecular weight excluding hydrogens is 316 g/mol. The molecule has 0 saturated carbocycles. The molecule has 0 fully saturated rings. The van der Waals surface area contributed by atoms with Crippen LogP contribution < -0.4 is 5.32 Å². The molecule has 3 rings (SSSR count). The number of carbonyl (C=O) groups is 1. The van der Waals surface area contributed by atoms with Gasteiger partial charge in [-0.25, -0.2) is 4.68 Å². The third-order valence-electron chi connectivity index (χ3n) is 3.00. The molecule has 1 amide bonds. The molecule has 2 aromatic heterocycles. The summed E-state index contributed by atoms with van der Waals surface area (Å²) in [5.74, 6) is 0.786. The predicted molar refractivity (Wildman–Crippen MR) is 83.3 cm³/mol. The third-order valence-corrected chi connectivity index (χ3v) is 4.01. The summed E-state index contributed by atoms with van der Waals surface area (Å²) >= 11 is 1.27. The molecule has 0 bridgehead atoms. The Hall–Kier alpha value is -2.68. The highest BCUT2D eigenvalue weighted by molar-refractivity contribution is 7.99. The Balaban J connectivity index is 1.50. The van der Waals surface area contributed by atoms with Crippen molar-refractivity contribution in [3.8, 4) is 11.3 Å². The topological polar surface area (TPSA) is 98.7 Å². The van der Waals surface area contributed by atoms with E-state index in [0.717, 1.165) is 5.56 Å². The number of aryl methyl sites for hydroxylation is 1. The van der Waals surface area contributed by atoms with Gasteiger partial charge in [-0.3, -0.25) is 4.79 Å². The fourth-order valence-corrected chi connectivity index (χ4v) is 2.53. The van der Waals surface area contributed by atoms with Gasteiger partial charge in [-0.15, -0.1) is 5.10 Å². The second kappa shape index (κ2) is 7.05. The van der Waals surface area contributed by atoms with Gasteiger partial charge < -0.3 is 9.84 Å². The Morgan fingerprint density at radius 2 is 2.17 bits per heavy atom. The number of thioether (sulfide) groups is 1. The number of nitrogens with one attached hydrogen (secondary N) is 1. The zero-order valence-corrected chi connectivity index (χ0v) is 13.2. The number of aromatic nitrogens is 5. The van der Waals surface area contributed by atoms with Crippen molar-refractivity contribution in [1.29, 1.82) is 0 Å². The summed E-state index contributed by atoms with van der Waals surface area (Å²) in [6.07, 6.45) is 0. The summed E-state index contributed by atoms with van der Waals surface area (Å²) in [4.78, 5) is 11.8. The largest absolute Gasteiger partial charge is 0.356 e. The molecule has 0 aliphatic rings. The van der Waals surface area contributed by atoms with E-state index >= 15 is 0 Å². The summed E-state index contributed by atoms with van der Waals surface area (Å²) in [5, 5.41) is 18.3. The van der Waals surface area contributed by atoms with Gasteiger partial charge in [-0.1, -0.05) is 47.3 Å². The molecule has 2 heterocycles. The van der Waals surface area contributed by atoms with Crippen molar-refractivity contribution >= 4 is 17.7 Å². The van der Waals surface area contributed by atoms with E-state index in [9.17, 15) is 4.79 Å². The molecule has 0 saturated heterocycles. The van der Waals surface area contributed by atoms with E-state index in [-0.39, 0.29) is 11.7 Å². The molecule has 0 spiro atoms. The van der Waals surface area contributed by atoms with Crippen molar-refractivity contribution in [2.75, 3.05) is 5.75 Å². The van der Waals surface area contributed by atoms with Crippen LogP contribution in [0.5, 0.6) is 0 Å². The molecular formula is C14H14N6O2S. The number of carbonyl (C=O) groups excluding carboxylic acids is 1. The summed E-state index contributed by atoms with van der Waals surface area (Å²) in [6, 6.07) is 11.5. The van der Waals surface area contributed by atoms with Crippen LogP contribution in [0.25, 0.3) is 11.3 Å². The summed E-state index contributed by atoms with van der Waals surface area (Å²) in [6.45, 7) is 0.312. The van der Waals surface area contributed by atoms with Crippen molar-refractivity contribution in [1.82, 2.24) is 30.7 Å². The molecule has 0 aliphatic carbocycles. The molecule has 0 unspecified atom stereocenters.